The van der Waals surface area contributed by atoms with E-state index in [2.05, 4.69) is 35.0 Å². The van der Waals surface area contributed by atoms with Gasteiger partial charge in [0.2, 0.25) is 0 Å². The van der Waals surface area contributed by atoms with E-state index in [1.54, 1.807) is 0 Å². The average molecular weight is 345 g/mol. The smallest absolute Gasteiger partial charge is 0.317 e. The fraction of sp³-hybridized carbons (Fsp3) is 0.684. The van der Waals surface area contributed by atoms with Crippen molar-refractivity contribution >= 4 is 6.03 Å². The molecule has 1 aromatic rings. The first-order chi connectivity index (χ1) is 12.0. The molecule has 2 aliphatic heterocycles. The standard InChI is InChI=1S/C19H31N5O/c1-15(2)12-23-7-5-18(6-8-23)21-19(25)24-9-4-16(14-24)10-17-11-20-22(3)13-17/h11,13,16,18H,1,4-10,12,14H2,2-3H3,(H,21,25)/t16-/m1/s1. The third kappa shape index (κ3) is 5.08. The number of likely N-dealkylation sites (tertiary alicyclic amines) is 2. The summed E-state index contributed by atoms with van der Waals surface area (Å²) in [6, 6.07) is 0.429. The summed E-state index contributed by atoms with van der Waals surface area (Å²) in [5, 5.41) is 7.47. The van der Waals surface area contributed by atoms with Gasteiger partial charge >= 0.3 is 6.03 Å². The first kappa shape index (κ1) is 18.0. The Morgan fingerprint density at radius 1 is 1.32 bits per heavy atom. The van der Waals surface area contributed by atoms with Crippen molar-refractivity contribution in [1.29, 1.82) is 0 Å². The maximum Gasteiger partial charge on any atom is 0.317 e. The van der Waals surface area contributed by atoms with Crippen LogP contribution in [-0.4, -0.2) is 64.4 Å². The lowest BCUT2D eigenvalue weighted by Gasteiger charge is -2.33. The summed E-state index contributed by atoms with van der Waals surface area (Å²) in [5.74, 6) is 0.548. The van der Waals surface area contributed by atoms with Crippen LogP contribution >= 0.6 is 0 Å². The fourth-order valence-corrected chi connectivity index (χ4v) is 3.98. The zero-order valence-electron chi connectivity index (χ0n) is 15.6. The van der Waals surface area contributed by atoms with Crippen molar-refractivity contribution < 1.29 is 4.79 Å². The molecule has 0 spiro atoms. The molecule has 2 aliphatic rings. The Bertz CT molecular complexity index is 603. The molecule has 3 heterocycles. The maximum absolute atomic E-state index is 12.5. The number of aryl methyl sites for hydroxylation is 1. The number of hydrogen-bond acceptors (Lipinski definition) is 3. The van der Waals surface area contributed by atoms with Crippen LogP contribution in [0.1, 0.15) is 31.7 Å². The van der Waals surface area contributed by atoms with Gasteiger partial charge in [0.1, 0.15) is 0 Å². The van der Waals surface area contributed by atoms with Crippen molar-refractivity contribution in [3.05, 3.63) is 30.1 Å². The third-order valence-electron chi connectivity index (χ3n) is 5.26. The van der Waals surface area contributed by atoms with E-state index >= 15 is 0 Å². The normalized spacial score (nSPS) is 22.3. The first-order valence-electron chi connectivity index (χ1n) is 9.39. The summed E-state index contributed by atoms with van der Waals surface area (Å²) in [6.45, 7) is 10.8. The topological polar surface area (TPSA) is 53.4 Å². The highest BCUT2D eigenvalue weighted by atomic mass is 16.2. The van der Waals surface area contributed by atoms with Gasteiger partial charge in [-0.2, -0.15) is 5.10 Å². The Balaban J connectivity index is 1.40. The molecule has 6 nitrogen and oxygen atoms in total. The molecule has 0 saturated carbocycles. The molecule has 3 rings (SSSR count). The van der Waals surface area contributed by atoms with Crippen LogP contribution in [0.4, 0.5) is 4.79 Å². The Morgan fingerprint density at radius 3 is 2.72 bits per heavy atom. The van der Waals surface area contributed by atoms with Crippen LogP contribution in [0.5, 0.6) is 0 Å². The molecule has 0 bridgehead atoms. The molecule has 25 heavy (non-hydrogen) atoms. The van der Waals surface area contributed by atoms with Gasteiger partial charge in [0, 0.05) is 52.0 Å². The lowest BCUT2D eigenvalue weighted by Crippen LogP contribution is -2.48. The number of carbonyl (C=O) groups excluding carboxylic acids is 1. The van der Waals surface area contributed by atoms with Gasteiger partial charge in [0.25, 0.3) is 0 Å². The molecule has 138 valence electrons. The molecular formula is C19H31N5O. The van der Waals surface area contributed by atoms with Crippen LogP contribution in [-0.2, 0) is 13.5 Å². The van der Waals surface area contributed by atoms with Crippen LogP contribution < -0.4 is 5.32 Å². The van der Waals surface area contributed by atoms with E-state index in [4.69, 9.17) is 0 Å². The van der Waals surface area contributed by atoms with Crippen molar-refractivity contribution in [3.63, 3.8) is 0 Å². The molecule has 1 aromatic heterocycles. The Kier molecular flexibility index (Phi) is 5.78. The van der Waals surface area contributed by atoms with Gasteiger partial charge in [-0.1, -0.05) is 12.2 Å². The SMILES string of the molecule is C=C(C)CN1CCC(NC(=O)N2CC[C@H](Cc3cnn(C)c3)C2)CC1. The highest BCUT2D eigenvalue weighted by Gasteiger charge is 2.28. The van der Waals surface area contributed by atoms with E-state index in [1.807, 2.05) is 22.8 Å². The van der Waals surface area contributed by atoms with Gasteiger partial charge in [0.15, 0.2) is 0 Å². The maximum atomic E-state index is 12.5. The number of hydrogen-bond donors (Lipinski definition) is 1. The van der Waals surface area contributed by atoms with Gasteiger partial charge in [-0.3, -0.25) is 9.58 Å². The van der Waals surface area contributed by atoms with Crippen molar-refractivity contribution in [2.75, 3.05) is 32.7 Å². The third-order valence-corrected chi connectivity index (χ3v) is 5.26. The summed E-state index contributed by atoms with van der Waals surface area (Å²) in [7, 11) is 1.94. The summed E-state index contributed by atoms with van der Waals surface area (Å²) < 4.78 is 1.84. The first-order valence-corrected chi connectivity index (χ1v) is 9.39. The monoisotopic (exact) mass is 345 g/mol. The number of urea groups is 1. The van der Waals surface area contributed by atoms with Gasteiger partial charge in [-0.15, -0.1) is 0 Å². The van der Waals surface area contributed by atoms with Crippen LogP contribution in [0.2, 0.25) is 0 Å². The molecule has 0 aromatic carbocycles. The Labute approximate surface area is 150 Å². The van der Waals surface area contributed by atoms with Gasteiger partial charge < -0.3 is 10.2 Å². The molecular weight excluding hydrogens is 314 g/mol. The lowest BCUT2D eigenvalue weighted by molar-refractivity contribution is 0.182. The molecule has 0 unspecified atom stereocenters. The quantitative estimate of drug-likeness (QED) is 0.831. The molecule has 2 saturated heterocycles. The van der Waals surface area contributed by atoms with Crippen molar-refractivity contribution in [2.45, 2.75) is 38.6 Å². The van der Waals surface area contributed by atoms with E-state index in [-0.39, 0.29) is 6.03 Å². The lowest BCUT2D eigenvalue weighted by atomic mass is 10.0. The van der Waals surface area contributed by atoms with Crippen molar-refractivity contribution in [1.82, 2.24) is 24.9 Å². The fourth-order valence-electron chi connectivity index (χ4n) is 3.98. The van der Waals surface area contributed by atoms with E-state index in [9.17, 15) is 4.79 Å². The molecule has 2 amide bonds. The largest absolute Gasteiger partial charge is 0.335 e. The highest BCUT2D eigenvalue weighted by molar-refractivity contribution is 5.74. The number of aromatic nitrogens is 2. The van der Waals surface area contributed by atoms with Crippen LogP contribution in [0, 0.1) is 5.92 Å². The summed E-state index contributed by atoms with van der Waals surface area (Å²) in [4.78, 5) is 17.0. The molecule has 6 heteroatoms. The van der Waals surface area contributed by atoms with Gasteiger partial charge in [-0.25, -0.2) is 4.79 Å². The summed E-state index contributed by atoms with van der Waals surface area (Å²) in [5.41, 5.74) is 2.47. The minimum absolute atomic E-state index is 0.118. The predicted molar refractivity (Wildman–Crippen MR) is 99.4 cm³/mol. The number of carbonyl (C=O) groups is 1. The number of amides is 2. The Morgan fingerprint density at radius 2 is 2.08 bits per heavy atom. The van der Waals surface area contributed by atoms with E-state index in [1.165, 1.54) is 11.1 Å². The number of rotatable bonds is 5. The summed E-state index contributed by atoms with van der Waals surface area (Å²) in [6.07, 6.45) is 8.16. The van der Waals surface area contributed by atoms with Gasteiger partial charge in [0.05, 0.1) is 6.20 Å². The average Bonchev–Trinajstić information content (AvgIpc) is 3.18. The highest BCUT2D eigenvalue weighted by Crippen LogP contribution is 2.21. The molecule has 1 N–H and O–H groups in total. The van der Waals surface area contributed by atoms with Crippen molar-refractivity contribution in [3.8, 4) is 0 Å². The number of nitrogens with one attached hydrogen (secondary N) is 1. The zero-order valence-corrected chi connectivity index (χ0v) is 15.6. The van der Waals surface area contributed by atoms with E-state index in [0.29, 0.717) is 12.0 Å². The predicted octanol–water partition coefficient (Wildman–Crippen LogP) is 2.03. The molecule has 1 atom stereocenters. The number of nitrogens with zero attached hydrogens (tertiary/aromatic N) is 4. The molecule has 2 fully saturated rings. The van der Waals surface area contributed by atoms with Crippen molar-refractivity contribution in [2.24, 2.45) is 13.0 Å². The summed E-state index contributed by atoms with van der Waals surface area (Å²) >= 11 is 0. The second kappa shape index (κ2) is 8.04. The van der Waals surface area contributed by atoms with Crippen LogP contribution in [0.25, 0.3) is 0 Å². The van der Waals surface area contributed by atoms with Crippen LogP contribution in [0.15, 0.2) is 24.5 Å². The van der Waals surface area contributed by atoms with Crippen LogP contribution in [0.3, 0.4) is 0 Å². The minimum atomic E-state index is 0.118. The van der Waals surface area contributed by atoms with E-state index in [0.717, 1.165) is 58.4 Å². The molecule has 0 radical (unpaired) electrons. The number of piperidine rings is 1. The Hall–Kier alpha value is -1.82. The second-order valence-electron chi connectivity index (χ2n) is 7.78. The zero-order chi connectivity index (χ0) is 17.8. The minimum Gasteiger partial charge on any atom is -0.335 e. The second-order valence-corrected chi connectivity index (χ2v) is 7.78. The van der Waals surface area contributed by atoms with Gasteiger partial charge in [-0.05, 0) is 44.1 Å². The molecule has 0 aliphatic carbocycles. The van der Waals surface area contributed by atoms with E-state index < -0.39 is 0 Å².